The fourth-order valence-corrected chi connectivity index (χ4v) is 4.36. The number of carbonyl (C=O) groups is 1. The average molecular weight is 401 g/mol. The van der Waals surface area contributed by atoms with E-state index in [0.717, 1.165) is 12.8 Å². The van der Waals surface area contributed by atoms with Crippen LogP contribution in [0.15, 0.2) is 21.5 Å². The number of halogens is 3. The smallest absolute Gasteiger partial charge is 0.262 e. The van der Waals surface area contributed by atoms with E-state index in [0.29, 0.717) is 6.54 Å². The maximum atomic E-state index is 12.4. The monoisotopic (exact) mass is 399 g/mol. The molecule has 0 aromatic heterocycles. The van der Waals surface area contributed by atoms with Crippen LogP contribution < -0.4 is 0 Å². The van der Waals surface area contributed by atoms with Crippen molar-refractivity contribution in [2.24, 2.45) is 0 Å². The zero-order valence-corrected chi connectivity index (χ0v) is 14.5. The molecule has 0 spiro atoms. The molecule has 1 aliphatic carbocycles. The molecule has 1 aliphatic rings. The molecule has 1 amide bonds. The number of nitrogens with zero attached hydrogens (tertiary/aromatic N) is 1. The van der Waals surface area contributed by atoms with Crippen LogP contribution >= 0.6 is 38.2 Å². The Morgan fingerprint density at radius 1 is 1.45 bits per heavy atom. The molecule has 4 nitrogen and oxygen atoms in total. The van der Waals surface area contributed by atoms with Crippen LogP contribution in [0.5, 0.6) is 0 Å². The Kier molecular flexibility index (Phi) is 4.69. The first-order valence-electron chi connectivity index (χ1n) is 6.00. The number of hydrogen-bond donors (Lipinski definition) is 0. The van der Waals surface area contributed by atoms with Gasteiger partial charge in [0, 0.05) is 28.8 Å². The molecule has 0 atom stereocenters. The highest BCUT2D eigenvalue weighted by molar-refractivity contribution is 9.10. The maximum absolute atomic E-state index is 12.4. The molecule has 0 radical (unpaired) electrons. The van der Waals surface area contributed by atoms with Gasteiger partial charge in [0.25, 0.3) is 15.0 Å². The molecule has 20 heavy (non-hydrogen) atoms. The van der Waals surface area contributed by atoms with E-state index in [1.165, 1.54) is 12.1 Å². The first-order valence-corrected chi connectivity index (χ1v) is 9.48. The first-order chi connectivity index (χ1) is 9.25. The lowest BCUT2D eigenvalue weighted by Crippen LogP contribution is -2.32. The molecule has 0 heterocycles. The molecule has 0 bridgehead atoms. The fourth-order valence-electron chi connectivity index (χ4n) is 1.98. The average Bonchev–Trinajstić information content (AvgIpc) is 3.16. The molecule has 1 aromatic rings. The van der Waals surface area contributed by atoms with Gasteiger partial charge in [-0.1, -0.05) is 11.6 Å². The van der Waals surface area contributed by atoms with Gasteiger partial charge in [-0.15, -0.1) is 0 Å². The Hall–Kier alpha value is -0.300. The van der Waals surface area contributed by atoms with Gasteiger partial charge in [0.2, 0.25) is 0 Å². The van der Waals surface area contributed by atoms with Crippen LogP contribution in [-0.4, -0.2) is 31.8 Å². The van der Waals surface area contributed by atoms with Gasteiger partial charge < -0.3 is 4.90 Å². The second-order valence-electron chi connectivity index (χ2n) is 4.53. The molecular weight excluding hydrogens is 389 g/mol. The van der Waals surface area contributed by atoms with E-state index >= 15 is 0 Å². The third-order valence-electron chi connectivity index (χ3n) is 3.09. The minimum atomic E-state index is -3.98. The van der Waals surface area contributed by atoms with Crippen LogP contribution in [-0.2, 0) is 9.05 Å². The van der Waals surface area contributed by atoms with Gasteiger partial charge in [0.05, 0.1) is 14.4 Å². The van der Waals surface area contributed by atoms with Crippen LogP contribution in [0.1, 0.15) is 30.1 Å². The number of carbonyl (C=O) groups excluding carboxylic acids is 1. The van der Waals surface area contributed by atoms with Gasteiger partial charge in [0.15, 0.2) is 0 Å². The summed E-state index contributed by atoms with van der Waals surface area (Å²) in [5, 5.41) is 0.141. The Morgan fingerprint density at radius 3 is 2.50 bits per heavy atom. The molecule has 0 N–H and O–H groups in total. The van der Waals surface area contributed by atoms with Crippen molar-refractivity contribution in [3.63, 3.8) is 0 Å². The quantitative estimate of drug-likeness (QED) is 0.724. The van der Waals surface area contributed by atoms with Gasteiger partial charge in [0.1, 0.15) is 0 Å². The molecule has 1 fully saturated rings. The zero-order valence-electron chi connectivity index (χ0n) is 10.6. The minimum Gasteiger partial charge on any atom is -0.336 e. The zero-order chi connectivity index (χ0) is 15.1. The predicted molar refractivity (Wildman–Crippen MR) is 81.9 cm³/mol. The summed E-state index contributed by atoms with van der Waals surface area (Å²) in [7, 11) is 1.38. The van der Waals surface area contributed by atoms with E-state index in [1.807, 2.05) is 6.92 Å². The number of amides is 1. The highest BCUT2D eigenvalue weighted by atomic mass is 79.9. The van der Waals surface area contributed by atoms with Gasteiger partial charge in [-0.3, -0.25) is 4.79 Å². The topological polar surface area (TPSA) is 54.5 Å². The Balaban J connectivity index is 2.47. The number of benzene rings is 1. The lowest BCUT2D eigenvalue weighted by molar-refractivity contribution is 0.0752. The molecule has 110 valence electrons. The lowest BCUT2D eigenvalue weighted by atomic mass is 10.2. The van der Waals surface area contributed by atoms with E-state index in [2.05, 4.69) is 15.9 Å². The first kappa shape index (κ1) is 16.1. The van der Waals surface area contributed by atoms with Gasteiger partial charge in [-0.05, 0) is 47.8 Å². The van der Waals surface area contributed by atoms with Gasteiger partial charge in [-0.25, -0.2) is 8.42 Å². The highest BCUT2D eigenvalue weighted by Crippen LogP contribution is 2.34. The van der Waals surface area contributed by atoms with Gasteiger partial charge in [-0.2, -0.15) is 0 Å². The predicted octanol–water partition coefficient (Wildman–Crippen LogP) is 3.65. The molecule has 8 heteroatoms. The van der Waals surface area contributed by atoms with Crippen molar-refractivity contribution in [3.05, 3.63) is 27.2 Å². The van der Waals surface area contributed by atoms with Crippen molar-refractivity contribution in [1.29, 1.82) is 0 Å². The number of hydrogen-bond acceptors (Lipinski definition) is 3. The van der Waals surface area contributed by atoms with Crippen molar-refractivity contribution < 1.29 is 13.2 Å². The third kappa shape index (κ3) is 3.30. The van der Waals surface area contributed by atoms with Crippen LogP contribution in [0.4, 0.5) is 0 Å². The summed E-state index contributed by atoms with van der Waals surface area (Å²) < 4.78 is 23.2. The van der Waals surface area contributed by atoms with Crippen LogP contribution in [0.25, 0.3) is 0 Å². The molecule has 0 aliphatic heterocycles. The van der Waals surface area contributed by atoms with Crippen molar-refractivity contribution in [3.8, 4) is 0 Å². The van der Waals surface area contributed by atoms with E-state index in [1.54, 1.807) is 4.90 Å². The van der Waals surface area contributed by atoms with Crippen molar-refractivity contribution in [2.75, 3.05) is 6.54 Å². The SMILES string of the molecule is CCN(C(=O)c1cc(Cl)c(Br)c(S(=O)(=O)Cl)c1)C1CC1. The summed E-state index contributed by atoms with van der Waals surface area (Å²) in [5.41, 5.74) is 0.228. The molecular formula is C12H12BrCl2NO3S. The number of rotatable bonds is 4. The third-order valence-corrected chi connectivity index (χ3v) is 6.08. The van der Waals surface area contributed by atoms with Crippen molar-refractivity contribution in [2.45, 2.75) is 30.7 Å². The van der Waals surface area contributed by atoms with Crippen molar-refractivity contribution in [1.82, 2.24) is 4.90 Å². The lowest BCUT2D eigenvalue weighted by Gasteiger charge is -2.21. The second kappa shape index (κ2) is 5.83. The Bertz CT molecular complexity index is 659. The van der Waals surface area contributed by atoms with Gasteiger partial charge >= 0.3 is 0 Å². The summed E-state index contributed by atoms with van der Waals surface area (Å²) in [4.78, 5) is 13.9. The molecule has 2 rings (SSSR count). The van der Waals surface area contributed by atoms with E-state index in [4.69, 9.17) is 22.3 Å². The highest BCUT2D eigenvalue weighted by Gasteiger charge is 2.32. The minimum absolute atomic E-state index is 0.141. The second-order valence-corrected chi connectivity index (χ2v) is 8.26. The summed E-state index contributed by atoms with van der Waals surface area (Å²) in [5.74, 6) is -0.231. The summed E-state index contributed by atoms with van der Waals surface area (Å²) in [6.07, 6.45) is 1.95. The van der Waals surface area contributed by atoms with Crippen LogP contribution in [0.3, 0.4) is 0 Å². The maximum Gasteiger partial charge on any atom is 0.262 e. The normalized spacial score (nSPS) is 15.2. The largest absolute Gasteiger partial charge is 0.336 e. The standard InChI is InChI=1S/C12H12BrCl2NO3S/c1-2-16(8-3-4-8)12(17)7-5-9(14)11(13)10(6-7)20(15,18)19/h5-6,8H,2-4H2,1H3. The molecule has 0 unspecified atom stereocenters. The Labute approximate surface area is 135 Å². The van der Waals surface area contributed by atoms with Crippen LogP contribution in [0.2, 0.25) is 5.02 Å². The summed E-state index contributed by atoms with van der Waals surface area (Å²) >= 11 is 9.05. The summed E-state index contributed by atoms with van der Waals surface area (Å²) in [6, 6.07) is 2.95. The molecule has 1 saturated carbocycles. The molecule has 1 aromatic carbocycles. The summed E-state index contributed by atoms with van der Waals surface area (Å²) in [6.45, 7) is 2.45. The van der Waals surface area contributed by atoms with E-state index in [9.17, 15) is 13.2 Å². The van der Waals surface area contributed by atoms with Crippen LogP contribution in [0, 0.1) is 0 Å². The van der Waals surface area contributed by atoms with E-state index in [-0.39, 0.29) is 31.9 Å². The van der Waals surface area contributed by atoms with Crippen molar-refractivity contribution >= 4 is 53.2 Å². The fraction of sp³-hybridized carbons (Fsp3) is 0.417. The molecule has 0 saturated heterocycles. The Morgan fingerprint density at radius 2 is 2.05 bits per heavy atom. The van der Waals surface area contributed by atoms with E-state index < -0.39 is 9.05 Å².